The van der Waals surface area contributed by atoms with Crippen LogP contribution in [0.2, 0.25) is 0 Å². The zero-order valence-corrected chi connectivity index (χ0v) is 15.1. The van der Waals surface area contributed by atoms with Crippen LogP contribution in [0, 0.1) is 0 Å². The number of amides is 1. The molecular formula is C19H24N2O2S. The van der Waals surface area contributed by atoms with E-state index in [1.54, 1.807) is 11.3 Å². The first-order valence-corrected chi connectivity index (χ1v) is 9.46. The maximum Gasteiger partial charge on any atom is 0.230 e. The van der Waals surface area contributed by atoms with Gasteiger partial charge in [-0.05, 0) is 57.2 Å². The number of fused-ring (bicyclic) bond motifs is 1. The van der Waals surface area contributed by atoms with Crippen LogP contribution < -0.4 is 10.1 Å². The second-order valence-electron chi connectivity index (χ2n) is 6.49. The van der Waals surface area contributed by atoms with Gasteiger partial charge < -0.3 is 10.1 Å². The number of nitrogens with one attached hydrogen (secondary N) is 1. The number of carbonyl (C=O) groups excluding carboxylic acids is 1. The number of aryl methyl sites for hydroxylation is 2. The van der Waals surface area contributed by atoms with Crippen molar-refractivity contribution in [3.63, 3.8) is 0 Å². The fourth-order valence-electron chi connectivity index (χ4n) is 2.93. The molecule has 4 nitrogen and oxygen atoms in total. The summed E-state index contributed by atoms with van der Waals surface area (Å²) in [4.78, 5) is 18.3. The molecule has 1 N–H and O–H groups in total. The quantitative estimate of drug-likeness (QED) is 0.819. The summed E-state index contributed by atoms with van der Waals surface area (Å²) in [5, 5.41) is 3.69. The lowest BCUT2D eigenvalue weighted by molar-refractivity contribution is -0.115. The first kappa shape index (κ1) is 17.0. The van der Waals surface area contributed by atoms with Gasteiger partial charge in [0.25, 0.3) is 0 Å². The summed E-state index contributed by atoms with van der Waals surface area (Å²) in [5.41, 5.74) is 2.13. The summed E-state index contributed by atoms with van der Waals surface area (Å²) in [6.07, 6.45) is 6.30. The van der Waals surface area contributed by atoms with Crippen LogP contribution in [0.4, 0.5) is 5.13 Å². The molecule has 128 valence electrons. The molecule has 0 fully saturated rings. The van der Waals surface area contributed by atoms with E-state index in [2.05, 4.69) is 10.3 Å². The molecule has 0 unspecified atom stereocenters. The van der Waals surface area contributed by atoms with Crippen molar-refractivity contribution < 1.29 is 9.53 Å². The van der Waals surface area contributed by atoms with Crippen molar-refractivity contribution in [3.05, 3.63) is 40.4 Å². The Bertz CT molecular complexity index is 686. The van der Waals surface area contributed by atoms with E-state index in [4.69, 9.17) is 4.74 Å². The van der Waals surface area contributed by atoms with Crippen LogP contribution in [-0.4, -0.2) is 17.0 Å². The maximum absolute atomic E-state index is 12.3. The molecule has 1 aromatic carbocycles. The van der Waals surface area contributed by atoms with E-state index in [9.17, 15) is 4.79 Å². The van der Waals surface area contributed by atoms with Crippen molar-refractivity contribution in [1.29, 1.82) is 0 Å². The fourth-order valence-corrected chi connectivity index (χ4v) is 4.00. The Hall–Kier alpha value is -1.88. The molecule has 0 saturated carbocycles. The molecule has 1 amide bonds. The van der Waals surface area contributed by atoms with E-state index in [1.165, 1.54) is 29.8 Å². The van der Waals surface area contributed by atoms with E-state index >= 15 is 0 Å². The lowest BCUT2D eigenvalue weighted by atomic mass is 10.1. The summed E-state index contributed by atoms with van der Waals surface area (Å²) < 4.78 is 5.68. The van der Waals surface area contributed by atoms with Crippen LogP contribution in [0.3, 0.4) is 0 Å². The van der Waals surface area contributed by atoms with Crippen molar-refractivity contribution in [1.82, 2.24) is 4.98 Å². The van der Waals surface area contributed by atoms with Gasteiger partial charge >= 0.3 is 0 Å². The largest absolute Gasteiger partial charge is 0.491 e. The number of carbonyl (C=O) groups is 1. The molecule has 1 aliphatic rings. The van der Waals surface area contributed by atoms with Gasteiger partial charge in [0, 0.05) is 4.88 Å². The molecule has 1 aromatic heterocycles. The van der Waals surface area contributed by atoms with E-state index in [-0.39, 0.29) is 12.0 Å². The third kappa shape index (κ3) is 4.57. The number of anilines is 1. The molecule has 0 aliphatic heterocycles. The first-order valence-electron chi connectivity index (χ1n) is 8.64. The third-order valence-electron chi connectivity index (χ3n) is 3.98. The number of ether oxygens (including phenoxy) is 1. The molecule has 0 radical (unpaired) electrons. The topological polar surface area (TPSA) is 51.2 Å². The maximum atomic E-state index is 12.3. The second-order valence-corrected chi connectivity index (χ2v) is 7.57. The Labute approximate surface area is 147 Å². The SMILES string of the molecule is CC(C)Oc1cccc(CC(=O)Nc2nc3c(s2)CCCCC3)c1. The van der Waals surface area contributed by atoms with Crippen LogP contribution >= 0.6 is 11.3 Å². The molecule has 1 heterocycles. The minimum absolute atomic E-state index is 0.0272. The monoisotopic (exact) mass is 344 g/mol. The molecule has 3 rings (SSSR count). The normalized spacial score (nSPS) is 14.1. The molecular weight excluding hydrogens is 320 g/mol. The van der Waals surface area contributed by atoms with Crippen molar-refractivity contribution in [3.8, 4) is 5.75 Å². The molecule has 0 spiro atoms. The molecule has 0 atom stereocenters. The Kier molecular flexibility index (Phi) is 5.51. The van der Waals surface area contributed by atoms with Gasteiger partial charge in [0.05, 0.1) is 18.2 Å². The van der Waals surface area contributed by atoms with Crippen molar-refractivity contribution in [2.24, 2.45) is 0 Å². The Morgan fingerprint density at radius 3 is 2.96 bits per heavy atom. The van der Waals surface area contributed by atoms with Gasteiger partial charge in [-0.3, -0.25) is 4.79 Å². The molecule has 1 aliphatic carbocycles. The number of thiazole rings is 1. The van der Waals surface area contributed by atoms with Crippen LogP contribution in [0.25, 0.3) is 0 Å². The Morgan fingerprint density at radius 1 is 1.29 bits per heavy atom. The highest BCUT2D eigenvalue weighted by molar-refractivity contribution is 7.15. The van der Waals surface area contributed by atoms with Crippen LogP contribution in [0.15, 0.2) is 24.3 Å². The number of hydrogen-bond acceptors (Lipinski definition) is 4. The van der Waals surface area contributed by atoms with Gasteiger partial charge in [-0.25, -0.2) is 4.98 Å². The summed E-state index contributed by atoms with van der Waals surface area (Å²) >= 11 is 1.63. The average molecular weight is 344 g/mol. The Morgan fingerprint density at radius 2 is 2.12 bits per heavy atom. The van der Waals surface area contributed by atoms with E-state index in [1.807, 2.05) is 38.1 Å². The van der Waals surface area contributed by atoms with Crippen molar-refractivity contribution in [2.45, 2.75) is 58.5 Å². The molecule has 2 aromatic rings. The smallest absolute Gasteiger partial charge is 0.230 e. The zero-order valence-electron chi connectivity index (χ0n) is 14.3. The van der Waals surface area contributed by atoms with Crippen LogP contribution in [0.5, 0.6) is 5.75 Å². The number of hydrogen-bond donors (Lipinski definition) is 1. The minimum Gasteiger partial charge on any atom is -0.491 e. The minimum atomic E-state index is -0.0272. The average Bonchev–Trinajstić information content (AvgIpc) is 2.75. The number of benzene rings is 1. The lowest BCUT2D eigenvalue weighted by Crippen LogP contribution is -2.14. The van der Waals surface area contributed by atoms with Crippen molar-refractivity contribution >= 4 is 22.4 Å². The van der Waals surface area contributed by atoms with Gasteiger partial charge in [0.15, 0.2) is 5.13 Å². The highest BCUT2D eigenvalue weighted by Gasteiger charge is 2.15. The zero-order chi connectivity index (χ0) is 16.9. The second kappa shape index (κ2) is 7.79. The fraction of sp³-hybridized carbons (Fsp3) is 0.474. The predicted octanol–water partition coefficient (Wildman–Crippen LogP) is 4.38. The molecule has 0 saturated heterocycles. The summed E-state index contributed by atoms with van der Waals surface area (Å²) in [6.45, 7) is 3.98. The van der Waals surface area contributed by atoms with E-state index < -0.39 is 0 Å². The predicted molar refractivity (Wildman–Crippen MR) is 97.9 cm³/mol. The third-order valence-corrected chi connectivity index (χ3v) is 5.05. The summed E-state index contributed by atoms with van der Waals surface area (Å²) in [6, 6.07) is 7.71. The Balaban J connectivity index is 1.61. The standard InChI is InChI=1S/C19H24N2O2S/c1-13(2)23-15-8-6-7-14(11-15)12-18(22)21-19-20-16-9-4-3-5-10-17(16)24-19/h6-8,11,13H,3-5,9-10,12H2,1-2H3,(H,20,21,22). The van der Waals surface area contributed by atoms with Gasteiger partial charge in [0.2, 0.25) is 5.91 Å². The number of aromatic nitrogens is 1. The van der Waals surface area contributed by atoms with Gasteiger partial charge in [0.1, 0.15) is 5.75 Å². The molecule has 24 heavy (non-hydrogen) atoms. The highest BCUT2D eigenvalue weighted by Crippen LogP contribution is 2.29. The van der Waals surface area contributed by atoms with Crippen LogP contribution in [0.1, 0.15) is 49.2 Å². The lowest BCUT2D eigenvalue weighted by Gasteiger charge is -2.10. The van der Waals surface area contributed by atoms with Crippen molar-refractivity contribution in [2.75, 3.05) is 5.32 Å². The summed E-state index contributed by atoms with van der Waals surface area (Å²) in [7, 11) is 0. The van der Waals surface area contributed by atoms with Gasteiger partial charge in [-0.1, -0.05) is 18.6 Å². The summed E-state index contributed by atoms with van der Waals surface area (Å²) in [5.74, 6) is 0.775. The molecule has 0 bridgehead atoms. The van der Waals surface area contributed by atoms with E-state index in [0.29, 0.717) is 6.42 Å². The van der Waals surface area contributed by atoms with Gasteiger partial charge in [-0.15, -0.1) is 11.3 Å². The number of nitrogens with zero attached hydrogens (tertiary/aromatic N) is 1. The van der Waals surface area contributed by atoms with Crippen LogP contribution in [-0.2, 0) is 24.1 Å². The first-order chi connectivity index (χ1) is 11.6. The molecule has 5 heteroatoms. The highest BCUT2D eigenvalue weighted by atomic mass is 32.1. The van der Waals surface area contributed by atoms with E-state index in [0.717, 1.165) is 29.3 Å². The number of rotatable bonds is 5. The van der Waals surface area contributed by atoms with Gasteiger partial charge in [-0.2, -0.15) is 0 Å².